The number of hydrogen-bond donors (Lipinski definition) is 1. The molecule has 1 aromatic carbocycles. The van der Waals surface area contributed by atoms with Crippen LogP contribution in [0.3, 0.4) is 0 Å². The number of allylic oxidation sites excluding steroid dienone is 1. The lowest BCUT2D eigenvalue weighted by Gasteiger charge is -2.16. The minimum Gasteiger partial charge on any atom is -0.306 e. The van der Waals surface area contributed by atoms with E-state index >= 15 is 0 Å². The Hall–Kier alpha value is -2.69. The lowest BCUT2D eigenvalue weighted by molar-refractivity contribution is -0.121. The standard InChI is InChI=1S/C16H16N4O/c1-12-10-16(21)19-18-15(12)7-4-13-2-5-14(6-3-13)20-9-8-17-11-20/h2-9,11-12H,10H2,1H3,(H,19,21)/b7-4+. The molecule has 1 aromatic heterocycles. The molecule has 3 rings (SSSR count). The normalized spacial score (nSPS) is 18.6. The highest BCUT2D eigenvalue weighted by Crippen LogP contribution is 2.14. The zero-order chi connectivity index (χ0) is 14.7. The van der Waals surface area contributed by atoms with Crippen LogP contribution in [0.1, 0.15) is 18.9 Å². The van der Waals surface area contributed by atoms with Gasteiger partial charge in [-0.3, -0.25) is 4.79 Å². The summed E-state index contributed by atoms with van der Waals surface area (Å²) in [6.45, 7) is 2.00. The molecule has 1 amide bonds. The summed E-state index contributed by atoms with van der Waals surface area (Å²) in [6.07, 6.45) is 9.88. The van der Waals surface area contributed by atoms with Crippen LogP contribution >= 0.6 is 0 Å². The Morgan fingerprint density at radius 1 is 1.29 bits per heavy atom. The number of carbonyl (C=O) groups is 1. The van der Waals surface area contributed by atoms with E-state index in [4.69, 9.17) is 0 Å². The van der Waals surface area contributed by atoms with Gasteiger partial charge < -0.3 is 4.57 Å². The van der Waals surface area contributed by atoms with Crippen LogP contribution in [0.15, 0.2) is 54.2 Å². The average Bonchev–Trinajstić information content (AvgIpc) is 3.01. The number of benzene rings is 1. The summed E-state index contributed by atoms with van der Waals surface area (Å²) < 4.78 is 1.95. The summed E-state index contributed by atoms with van der Waals surface area (Å²) in [7, 11) is 0. The topological polar surface area (TPSA) is 59.3 Å². The van der Waals surface area contributed by atoms with Crippen LogP contribution in [0.5, 0.6) is 0 Å². The first-order valence-electron chi connectivity index (χ1n) is 6.85. The highest BCUT2D eigenvalue weighted by molar-refractivity contribution is 6.03. The number of rotatable bonds is 3. The molecule has 0 spiro atoms. The number of hydrazone groups is 1. The Labute approximate surface area is 123 Å². The molecule has 0 saturated carbocycles. The number of nitrogens with one attached hydrogen (secondary N) is 1. The van der Waals surface area contributed by atoms with Gasteiger partial charge in [-0.05, 0) is 23.8 Å². The SMILES string of the molecule is CC1CC(=O)NN=C1/C=C/c1ccc(-n2ccnc2)cc1. The molecule has 0 fully saturated rings. The number of amides is 1. The Balaban J connectivity index is 1.73. The molecular weight excluding hydrogens is 264 g/mol. The summed E-state index contributed by atoms with van der Waals surface area (Å²) in [5, 5.41) is 4.08. The molecule has 0 bridgehead atoms. The van der Waals surface area contributed by atoms with E-state index in [9.17, 15) is 4.79 Å². The molecule has 5 nitrogen and oxygen atoms in total. The van der Waals surface area contributed by atoms with E-state index in [1.165, 1.54) is 0 Å². The summed E-state index contributed by atoms with van der Waals surface area (Å²) in [6, 6.07) is 8.15. The third-order valence-corrected chi connectivity index (χ3v) is 3.45. The summed E-state index contributed by atoms with van der Waals surface area (Å²) in [5.74, 6) is 0.129. The molecule has 2 aromatic rings. The van der Waals surface area contributed by atoms with Gasteiger partial charge in [-0.25, -0.2) is 10.4 Å². The van der Waals surface area contributed by atoms with Crippen molar-refractivity contribution in [3.05, 3.63) is 54.6 Å². The smallest absolute Gasteiger partial charge is 0.240 e. The van der Waals surface area contributed by atoms with Gasteiger partial charge in [0.1, 0.15) is 0 Å². The predicted molar refractivity (Wildman–Crippen MR) is 82.0 cm³/mol. The maximum absolute atomic E-state index is 11.2. The summed E-state index contributed by atoms with van der Waals surface area (Å²) >= 11 is 0. The minimum atomic E-state index is -0.0238. The fraction of sp³-hybridized carbons (Fsp3) is 0.188. The van der Waals surface area contributed by atoms with Gasteiger partial charge in [0.2, 0.25) is 5.91 Å². The van der Waals surface area contributed by atoms with Crippen LogP contribution in [0.2, 0.25) is 0 Å². The molecule has 0 radical (unpaired) electrons. The maximum Gasteiger partial charge on any atom is 0.240 e. The van der Waals surface area contributed by atoms with Crippen LogP contribution in [0.4, 0.5) is 0 Å². The second-order valence-electron chi connectivity index (χ2n) is 5.07. The van der Waals surface area contributed by atoms with Crippen molar-refractivity contribution < 1.29 is 4.79 Å². The van der Waals surface area contributed by atoms with Gasteiger partial charge in [0.25, 0.3) is 0 Å². The predicted octanol–water partition coefficient (Wildman–Crippen LogP) is 2.40. The Kier molecular flexibility index (Phi) is 3.64. The second kappa shape index (κ2) is 5.75. The number of aromatic nitrogens is 2. The summed E-state index contributed by atoms with van der Waals surface area (Å²) in [5.41, 5.74) is 5.57. The van der Waals surface area contributed by atoms with E-state index in [1.54, 1.807) is 12.5 Å². The van der Waals surface area contributed by atoms with Crippen molar-refractivity contribution in [3.8, 4) is 5.69 Å². The van der Waals surface area contributed by atoms with E-state index < -0.39 is 0 Å². The zero-order valence-electron chi connectivity index (χ0n) is 11.7. The van der Waals surface area contributed by atoms with E-state index in [1.807, 2.05) is 54.1 Å². The third kappa shape index (κ3) is 3.08. The van der Waals surface area contributed by atoms with Gasteiger partial charge in [0.05, 0.1) is 12.0 Å². The van der Waals surface area contributed by atoms with Crippen molar-refractivity contribution >= 4 is 17.7 Å². The molecule has 1 aliphatic rings. The molecule has 21 heavy (non-hydrogen) atoms. The Morgan fingerprint density at radius 3 is 2.76 bits per heavy atom. The van der Waals surface area contributed by atoms with Crippen LogP contribution in [0, 0.1) is 5.92 Å². The molecule has 5 heteroatoms. The Morgan fingerprint density at radius 2 is 2.10 bits per heavy atom. The first-order chi connectivity index (χ1) is 10.2. The first-order valence-corrected chi connectivity index (χ1v) is 6.85. The van der Waals surface area contributed by atoms with Gasteiger partial charge in [-0.1, -0.05) is 25.1 Å². The van der Waals surface area contributed by atoms with Gasteiger partial charge in [-0.15, -0.1) is 0 Å². The Bertz CT molecular complexity index is 684. The number of hydrogen-bond acceptors (Lipinski definition) is 3. The summed E-state index contributed by atoms with van der Waals surface area (Å²) in [4.78, 5) is 15.2. The van der Waals surface area contributed by atoms with Crippen LogP contribution in [0.25, 0.3) is 11.8 Å². The second-order valence-corrected chi connectivity index (χ2v) is 5.07. The number of imidazole rings is 1. The first kappa shape index (κ1) is 13.3. The fourth-order valence-electron chi connectivity index (χ4n) is 2.22. The van der Waals surface area contributed by atoms with Crippen molar-refractivity contribution in [3.63, 3.8) is 0 Å². The monoisotopic (exact) mass is 280 g/mol. The number of nitrogens with zero attached hydrogens (tertiary/aromatic N) is 3. The average molecular weight is 280 g/mol. The molecule has 1 unspecified atom stereocenters. The lowest BCUT2D eigenvalue weighted by Crippen LogP contribution is -2.30. The highest BCUT2D eigenvalue weighted by Gasteiger charge is 2.17. The molecular formula is C16H16N4O. The van der Waals surface area contributed by atoms with Crippen LogP contribution < -0.4 is 5.43 Å². The van der Waals surface area contributed by atoms with Crippen LogP contribution in [-0.2, 0) is 4.79 Å². The van der Waals surface area contributed by atoms with E-state index in [0.29, 0.717) is 6.42 Å². The molecule has 1 N–H and O–H groups in total. The zero-order valence-corrected chi connectivity index (χ0v) is 11.7. The van der Waals surface area contributed by atoms with E-state index in [0.717, 1.165) is 17.0 Å². The van der Waals surface area contributed by atoms with Gasteiger partial charge in [-0.2, -0.15) is 5.10 Å². The van der Waals surface area contributed by atoms with Crippen LogP contribution in [-0.4, -0.2) is 21.2 Å². The maximum atomic E-state index is 11.2. The molecule has 2 heterocycles. The fourth-order valence-corrected chi connectivity index (χ4v) is 2.22. The van der Waals surface area contributed by atoms with E-state index in [-0.39, 0.29) is 11.8 Å². The van der Waals surface area contributed by atoms with Gasteiger partial charge in [0.15, 0.2) is 0 Å². The molecule has 1 aliphatic heterocycles. The minimum absolute atomic E-state index is 0.0238. The van der Waals surface area contributed by atoms with Crippen molar-refractivity contribution in [1.82, 2.24) is 15.0 Å². The molecule has 0 saturated heterocycles. The molecule has 106 valence electrons. The lowest BCUT2D eigenvalue weighted by atomic mass is 9.99. The van der Waals surface area contributed by atoms with Crippen molar-refractivity contribution in [2.24, 2.45) is 11.0 Å². The van der Waals surface area contributed by atoms with Crippen molar-refractivity contribution in [2.75, 3.05) is 0 Å². The largest absolute Gasteiger partial charge is 0.306 e. The van der Waals surface area contributed by atoms with Crippen molar-refractivity contribution in [1.29, 1.82) is 0 Å². The quantitative estimate of drug-likeness (QED) is 0.938. The van der Waals surface area contributed by atoms with Gasteiger partial charge in [0, 0.05) is 30.4 Å². The van der Waals surface area contributed by atoms with Gasteiger partial charge >= 0.3 is 0 Å². The highest BCUT2D eigenvalue weighted by atomic mass is 16.2. The van der Waals surface area contributed by atoms with Crippen molar-refractivity contribution in [2.45, 2.75) is 13.3 Å². The van der Waals surface area contributed by atoms with E-state index in [2.05, 4.69) is 15.5 Å². The third-order valence-electron chi connectivity index (χ3n) is 3.45. The molecule has 0 aliphatic carbocycles. The number of carbonyl (C=O) groups excluding carboxylic acids is 1. The molecule has 1 atom stereocenters.